The number of carbonyl (C=O) groups excluding carboxylic acids is 2. The van der Waals surface area contributed by atoms with Crippen LogP contribution in [0.5, 0.6) is 0 Å². The van der Waals surface area contributed by atoms with Gasteiger partial charge in [-0.25, -0.2) is 0 Å². The number of hydrogen-bond donors (Lipinski definition) is 1. The second-order valence-corrected chi connectivity index (χ2v) is 6.24. The van der Waals surface area contributed by atoms with E-state index in [9.17, 15) is 9.59 Å². The molecule has 112 valence electrons. The Morgan fingerprint density at radius 3 is 2.41 bits per heavy atom. The Kier molecular flexibility index (Phi) is 4.15. The van der Waals surface area contributed by atoms with Crippen LogP contribution in [0, 0.1) is 6.92 Å². The SMILES string of the molecule is Cc1ccc(N[C@H]2SC(=O)N(Cc3ccccc3)C2=O)cc1. The average molecular weight is 312 g/mol. The first kappa shape index (κ1) is 14.7. The second-order valence-electron chi connectivity index (χ2n) is 5.18. The summed E-state index contributed by atoms with van der Waals surface area (Å²) in [5.41, 5.74) is 2.93. The van der Waals surface area contributed by atoms with E-state index in [1.165, 1.54) is 4.90 Å². The summed E-state index contributed by atoms with van der Waals surface area (Å²) in [5.74, 6) is -0.195. The van der Waals surface area contributed by atoms with E-state index in [1.54, 1.807) is 0 Å². The molecule has 0 unspecified atom stereocenters. The molecule has 1 aliphatic heterocycles. The first-order chi connectivity index (χ1) is 10.6. The molecular formula is C17H16N2O2S. The third-order valence-electron chi connectivity index (χ3n) is 3.46. The summed E-state index contributed by atoms with van der Waals surface area (Å²) in [6.45, 7) is 2.32. The van der Waals surface area contributed by atoms with E-state index < -0.39 is 5.37 Å². The Morgan fingerprint density at radius 2 is 1.73 bits per heavy atom. The lowest BCUT2D eigenvalue weighted by molar-refractivity contribution is -0.126. The number of hydrogen-bond acceptors (Lipinski definition) is 4. The third-order valence-corrected chi connectivity index (χ3v) is 4.44. The Labute approximate surface area is 133 Å². The highest BCUT2D eigenvalue weighted by atomic mass is 32.2. The van der Waals surface area contributed by atoms with Gasteiger partial charge in [0, 0.05) is 5.69 Å². The maximum Gasteiger partial charge on any atom is 0.291 e. The van der Waals surface area contributed by atoms with Crippen molar-refractivity contribution in [3.63, 3.8) is 0 Å². The Balaban J connectivity index is 1.70. The van der Waals surface area contributed by atoms with E-state index in [0.717, 1.165) is 28.6 Å². The number of imide groups is 1. The van der Waals surface area contributed by atoms with Gasteiger partial charge in [0.05, 0.1) is 6.54 Å². The Hall–Kier alpha value is -2.27. The van der Waals surface area contributed by atoms with Crippen LogP contribution in [0.15, 0.2) is 54.6 Å². The van der Waals surface area contributed by atoms with Gasteiger partial charge in [-0.3, -0.25) is 14.5 Å². The predicted octanol–water partition coefficient (Wildman–Crippen LogP) is 3.63. The van der Waals surface area contributed by atoms with E-state index in [2.05, 4.69) is 5.32 Å². The summed E-state index contributed by atoms with van der Waals surface area (Å²) in [4.78, 5) is 25.8. The van der Waals surface area contributed by atoms with Crippen LogP contribution < -0.4 is 5.32 Å². The molecule has 0 saturated carbocycles. The molecule has 1 fully saturated rings. The summed E-state index contributed by atoms with van der Waals surface area (Å²) in [5, 5.41) is 2.35. The van der Waals surface area contributed by atoms with Gasteiger partial charge < -0.3 is 5.32 Å². The van der Waals surface area contributed by atoms with E-state index in [1.807, 2.05) is 61.5 Å². The highest BCUT2D eigenvalue weighted by Crippen LogP contribution is 2.29. The largest absolute Gasteiger partial charge is 0.365 e. The van der Waals surface area contributed by atoms with Crippen LogP contribution in [0.4, 0.5) is 10.5 Å². The topological polar surface area (TPSA) is 49.4 Å². The molecule has 0 spiro atoms. The minimum Gasteiger partial charge on any atom is -0.365 e. The first-order valence-electron chi connectivity index (χ1n) is 7.02. The fraction of sp³-hybridized carbons (Fsp3) is 0.176. The lowest BCUT2D eigenvalue weighted by atomic mass is 10.2. The van der Waals surface area contributed by atoms with Gasteiger partial charge in [-0.2, -0.15) is 0 Å². The summed E-state index contributed by atoms with van der Waals surface area (Å²) in [6, 6.07) is 17.3. The number of anilines is 1. The van der Waals surface area contributed by atoms with Crippen LogP contribution >= 0.6 is 11.8 Å². The minimum atomic E-state index is -0.557. The minimum absolute atomic E-state index is 0.195. The quantitative estimate of drug-likeness (QED) is 0.936. The highest BCUT2D eigenvalue weighted by molar-refractivity contribution is 8.15. The number of benzene rings is 2. The van der Waals surface area contributed by atoms with Crippen molar-refractivity contribution in [3.8, 4) is 0 Å². The van der Waals surface area contributed by atoms with Crippen molar-refractivity contribution in [2.45, 2.75) is 18.8 Å². The molecule has 2 aromatic rings. The number of thioether (sulfide) groups is 1. The zero-order chi connectivity index (χ0) is 15.5. The number of nitrogens with one attached hydrogen (secondary N) is 1. The molecule has 22 heavy (non-hydrogen) atoms. The van der Waals surface area contributed by atoms with Gasteiger partial charge in [0.25, 0.3) is 11.1 Å². The summed E-state index contributed by atoms with van der Waals surface area (Å²) >= 11 is 1.03. The normalized spacial score (nSPS) is 17.9. The van der Waals surface area contributed by atoms with Crippen molar-refractivity contribution < 1.29 is 9.59 Å². The highest BCUT2D eigenvalue weighted by Gasteiger charge is 2.39. The molecule has 1 atom stereocenters. The van der Waals surface area contributed by atoms with E-state index >= 15 is 0 Å². The van der Waals surface area contributed by atoms with Gasteiger partial charge in [0.2, 0.25) is 0 Å². The molecule has 5 heteroatoms. The molecule has 2 amide bonds. The summed E-state index contributed by atoms with van der Waals surface area (Å²) in [6.07, 6.45) is 0. The maximum absolute atomic E-state index is 12.4. The molecule has 1 N–H and O–H groups in total. The molecule has 1 heterocycles. The second kappa shape index (κ2) is 6.23. The molecule has 2 aromatic carbocycles. The third kappa shape index (κ3) is 3.14. The lowest BCUT2D eigenvalue weighted by Gasteiger charge is -2.15. The van der Waals surface area contributed by atoms with Crippen LogP contribution in [0.1, 0.15) is 11.1 Å². The zero-order valence-electron chi connectivity index (χ0n) is 12.2. The number of nitrogens with zero attached hydrogens (tertiary/aromatic N) is 1. The maximum atomic E-state index is 12.4. The standard InChI is InChI=1S/C17H16N2O2S/c1-12-7-9-14(10-8-12)18-15-16(20)19(17(21)22-15)11-13-5-3-2-4-6-13/h2-10,15,18H,11H2,1H3/t15-/m0/s1. The van der Waals surface area contributed by atoms with Crippen LogP contribution in [0.3, 0.4) is 0 Å². The van der Waals surface area contributed by atoms with Gasteiger partial charge in [-0.1, -0.05) is 48.0 Å². The van der Waals surface area contributed by atoms with E-state index in [-0.39, 0.29) is 11.1 Å². The lowest BCUT2D eigenvalue weighted by Crippen LogP contribution is -2.33. The van der Waals surface area contributed by atoms with E-state index in [4.69, 9.17) is 0 Å². The molecule has 1 saturated heterocycles. The number of aryl methyl sites for hydroxylation is 1. The van der Waals surface area contributed by atoms with Crippen LogP contribution in [0.25, 0.3) is 0 Å². The predicted molar refractivity (Wildman–Crippen MR) is 88.6 cm³/mol. The molecule has 4 nitrogen and oxygen atoms in total. The Morgan fingerprint density at radius 1 is 1.05 bits per heavy atom. The average Bonchev–Trinajstić information content (AvgIpc) is 2.78. The molecule has 1 aliphatic rings. The van der Waals surface area contributed by atoms with Crippen molar-refractivity contribution in [1.29, 1.82) is 0 Å². The van der Waals surface area contributed by atoms with Gasteiger partial charge in [0.1, 0.15) is 0 Å². The smallest absolute Gasteiger partial charge is 0.291 e. The fourth-order valence-electron chi connectivity index (χ4n) is 2.25. The number of carbonyl (C=O) groups is 2. The molecule has 0 aromatic heterocycles. The van der Waals surface area contributed by atoms with Crippen molar-refractivity contribution in [3.05, 3.63) is 65.7 Å². The molecule has 0 radical (unpaired) electrons. The van der Waals surface area contributed by atoms with Crippen molar-refractivity contribution in [2.75, 3.05) is 5.32 Å². The Bertz CT molecular complexity index is 686. The summed E-state index contributed by atoms with van der Waals surface area (Å²) < 4.78 is 0. The van der Waals surface area contributed by atoms with Gasteiger partial charge in [-0.05, 0) is 36.4 Å². The molecular weight excluding hydrogens is 296 g/mol. The fourth-order valence-corrected chi connectivity index (χ4v) is 3.15. The molecule has 0 aliphatic carbocycles. The molecule has 3 rings (SSSR count). The van der Waals surface area contributed by atoms with Crippen LogP contribution in [-0.2, 0) is 11.3 Å². The van der Waals surface area contributed by atoms with Crippen LogP contribution in [0.2, 0.25) is 0 Å². The van der Waals surface area contributed by atoms with Crippen LogP contribution in [-0.4, -0.2) is 21.4 Å². The van der Waals surface area contributed by atoms with Gasteiger partial charge >= 0.3 is 0 Å². The van der Waals surface area contributed by atoms with Crippen molar-refractivity contribution in [1.82, 2.24) is 4.90 Å². The van der Waals surface area contributed by atoms with Gasteiger partial charge in [-0.15, -0.1) is 0 Å². The van der Waals surface area contributed by atoms with Crippen molar-refractivity contribution in [2.24, 2.45) is 0 Å². The summed E-state index contributed by atoms with van der Waals surface area (Å²) in [7, 11) is 0. The first-order valence-corrected chi connectivity index (χ1v) is 7.90. The van der Waals surface area contributed by atoms with Gasteiger partial charge in [0.15, 0.2) is 5.37 Å². The van der Waals surface area contributed by atoms with Crippen molar-refractivity contribution >= 4 is 28.6 Å². The number of amides is 2. The number of rotatable bonds is 4. The zero-order valence-corrected chi connectivity index (χ0v) is 13.0. The molecule has 0 bridgehead atoms. The monoisotopic (exact) mass is 312 g/mol. The van der Waals surface area contributed by atoms with E-state index in [0.29, 0.717) is 6.54 Å².